The van der Waals surface area contributed by atoms with E-state index in [2.05, 4.69) is 5.32 Å². The van der Waals surface area contributed by atoms with Crippen LogP contribution in [-0.2, 0) is 6.54 Å². The van der Waals surface area contributed by atoms with Crippen molar-refractivity contribution in [1.29, 1.82) is 0 Å². The summed E-state index contributed by atoms with van der Waals surface area (Å²) >= 11 is 1.47. The Kier molecular flexibility index (Phi) is 3.75. The summed E-state index contributed by atoms with van der Waals surface area (Å²) in [6, 6.07) is 3.33. The molecule has 0 aliphatic heterocycles. The summed E-state index contributed by atoms with van der Waals surface area (Å²) in [5, 5.41) is 15.4. The third-order valence-corrected chi connectivity index (χ3v) is 3.64. The number of benzene rings is 1. The van der Waals surface area contributed by atoms with Gasteiger partial charge in [0.15, 0.2) is 0 Å². The van der Waals surface area contributed by atoms with E-state index in [0.29, 0.717) is 6.07 Å². The molecule has 2 aromatic rings. The van der Waals surface area contributed by atoms with Gasteiger partial charge >= 0.3 is 5.69 Å². The first-order chi connectivity index (χ1) is 8.99. The first-order valence-electron chi connectivity index (χ1n) is 5.39. The maximum Gasteiger partial charge on any atom is 0.327 e. The van der Waals surface area contributed by atoms with Gasteiger partial charge in [0.05, 0.1) is 4.92 Å². The van der Waals surface area contributed by atoms with Crippen LogP contribution in [0.1, 0.15) is 10.4 Å². The highest BCUT2D eigenvalue weighted by Gasteiger charge is 2.21. The van der Waals surface area contributed by atoms with E-state index in [4.69, 9.17) is 0 Å². The van der Waals surface area contributed by atoms with Crippen LogP contribution in [0, 0.1) is 28.7 Å². The number of thiophene rings is 1. The number of rotatable bonds is 4. The van der Waals surface area contributed by atoms with Crippen molar-refractivity contribution in [3.8, 4) is 0 Å². The van der Waals surface area contributed by atoms with Crippen LogP contribution in [-0.4, -0.2) is 4.92 Å². The zero-order valence-corrected chi connectivity index (χ0v) is 10.8. The van der Waals surface area contributed by atoms with Gasteiger partial charge in [-0.2, -0.15) is 4.39 Å². The number of halogens is 2. The highest BCUT2D eigenvalue weighted by atomic mass is 32.1. The molecule has 19 heavy (non-hydrogen) atoms. The summed E-state index contributed by atoms with van der Waals surface area (Å²) in [5.41, 5.74) is 0.128. The molecular formula is C12H10F2N2O2S. The van der Waals surface area contributed by atoms with E-state index in [-0.39, 0.29) is 12.2 Å². The number of hydrogen-bond donors (Lipinski definition) is 1. The van der Waals surface area contributed by atoms with Crippen LogP contribution in [0.25, 0.3) is 0 Å². The van der Waals surface area contributed by atoms with Crippen LogP contribution in [0.5, 0.6) is 0 Å². The average molecular weight is 284 g/mol. The summed E-state index contributed by atoms with van der Waals surface area (Å²) in [7, 11) is 0. The number of nitrogens with one attached hydrogen (secondary N) is 1. The fourth-order valence-corrected chi connectivity index (χ4v) is 2.49. The van der Waals surface area contributed by atoms with Crippen molar-refractivity contribution in [3.63, 3.8) is 0 Å². The zero-order valence-electron chi connectivity index (χ0n) is 9.94. The Morgan fingerprint density at radius 1 is 1.42 bits per heavy atom. The highest BCUT2D eigenvalue weighted by Crippen LogP contribution is 2.29. The van der Waals surface area contributed by atoms with E-state index in [1.54, 1.807) is 0 Å². The molecule has 1 heterocycles. The Hall–Kier alpha value is -2.02. The van der Waals surface area contributed by atoms with Crippen molar-refractivity contribution in [2.75, 3.05) is 5.32 Å². The number of nitro benzene ring substituents is 1. The molecule has 1 N–H and O–H groups in total. The molecule has 0 fully saturated rings. The number of nitro groups is 1. The number of anilines is 1. The lowest BCUT2D eigenvalue weighted by Crippen LogP contribution is -2.04. The van der Waals surface area contributed by atoms with Gasteiger partial charge in [-0.15, -0.1) is 11.3 Å². The Morgan fingerprint density at radius 3 is 2.74 bits per heavy atom. The van der Waals surface area contributed by atoms with E-state index in [0.717, 1.165) is 16.5 Å². The van der Waals surface area contributed by atoms with Gasteiger partial charge in [0.1, 0.15) is 11.5 Å². The zero-order chi connectivity index (χ0) is 14.0. The van der Waals surface area contributed by atoms with Gasteiger partial charge in [-0.3, -0.25) is 10.1 Å². The topological polar surface area (TPSA) is 55.2 Å². The molecule has 0 saturated carbocycles. The van der Waals surface area contributed by atoms with Crippen molar-refractivity contribution < 1.29 is 13.7 Å². The maximum absolute atomic E-state index is 13.4. The van der Waals surface area contributed by atoms with Gasteiger partial charge in [0, 0.05) is 23.6 Å². The van der Waals surface area contributed by atoms with Crippen molar-refractivity contribution in [3.05, 3.63) is 55.8 Å². The largest absolute Gasteiger partial charge is 0.374 e. The molecule has 1 aromatic heterocycles. The Balaban J connectivity index is 2.29. The number of hydrogen-bond acceptors (Lipinski definition) is 4. The monoisotopic (exact) mass is 284 g/mol. The van der Waals surface area contributed by atoms with E-state index < -0.39 is 22.2 Å². The minimum absolute atomic E-state index is 0.157. The Bertz CT molecular complexity index is 628. The van der Waals surface area contributed by atoms with Gasteiger partial charge in [-0.25, -0.2) is 4.39 Å². The second kappa shape index (κ2) is 5.31. The summed E-state index contributed by atoms with van der Waals surface area (Å²) in [4.78, 5) is 10.9. The molecule has 1 aromatic carbocycles. The molecule has 0 unspecified atom stereocenters. The van der Waals surface area contributed by atoms with Crippen molar-refractivity contribution in [2.24, 2.45) is 0 Å². The Labute approximate surface area is 111 Å². The molecule has 0 aliphatic carbocycles. The predicted octanol–water partition coefficient (Wildman–Crippen LogP) is 3.86. The molecule has 0 atom stereocenters. The molecule has 100 valence electrons. The lowest BCUT2D eigenvalue weighted by molar-refractivity contribution is -0.386. The fraction of sp³-hybridized carbons (Fsp3) is 0.167. The van der Waals surface area contributed by atoms with Crippen molar-refractivity contribution >= 4 is 22.7 Å². The van der Waals surface area contributed by atoms with Crippen LogP contribution < -0.4 is 5.32 Å². The molecule has 0 bridgehead atoms. The molecular weight excluding hydrogens is 274 g/mol. The van der Waals surface area contributed by atoms with Gasteiger partial charge in [0.25, 0.3) is 0 Å². The third kappa shape index (κ3) is 2.87. The fourth-order valence-electron chi connectivity index (χ4n) is 1.65. The van der Waals surface area contributed by atoms with Gasteiger partial charge in [-0.1, -0.05) is 0 Å². The first kappa shape index (κ1) is 13.4. The molecule has 0 aliphatic rings. The summed E-state index contributed by atoms with van der Waals surface area (Å²) in [6.45, 7) is 2.18. The Morgan fingerprint density at radius 2 is 2.16 bits per heavy atom. The summed E-state index contributed by atoms with van der Waals surface area (Å²) in [6.07, 6.45) is 0. The van der Waals surface area contributed by atoms with E-state index in [1.165, 1.54) is 11.3 Å². The van der Waals surface area contributed by atoms with E-state index in [1.807, 2.05) is 18.4 Å². The average Bonchev–Trinajstić information content (AvgIpc) is 2.70. The van der Waals surface area contributed by atoms with Crippen LogP contribution in [0.2, 0.25) is 0 Å². The lowest BCUT2D eigenvalue weighted by Gasteiger charge is -2.07. The minimum atomic E-state index is -1.18. The van der Waals surface area contributed by atoms with E-state index in [9.17, 15) is 18.9 Å². The number of nitrogens with zero attached hydrogens (tertiary/aromatic N) is 1. The summed E-state index contributed by atoms with van der Waals surface area (Å²) < 4.78 is 26.5. The molecule has 0 saturated heterocycles. The van der Waals surface area contributed by atoms with E-state index >= 15 is 0 Å². The normalized spacial score (nSPS) is 10.5. The minimum Gasteiger partial charge on any atom is -0.374 e. The second-order valence-corrected chi connectivity index (χ2v) is 4.92. The van der Waals surface area contributed by atoms with Gasteiger partial charge < -0.3 is 5.32 Å². The van der Waals surface area contributed by atoms with Crippen LogP contribution in [0.3, 0.4) is 0 Å². The molecule has 0 radical (unpaired) electrons. The number of aryl methyl sites for hydroxylation is 1. The SMILES string of the molecule is Cc1ccsc1CNc1cc(F)cc(F)c1[N+](=O)[O-]. The standard InChI is InChI=1S/C12H10F2N2O2S/c1-7-2-3-19-11(7)6-15-10-5-8(13)4-9(14)12(10)16(17)18/h2-5,15H,6H2,1H3. The van der Waals surface area contributed by atoms with Crippen LogP contribution in [0.4, 0.5) is 20.2 Å². The van der Waals surface area contributed by atoms with Crippen LogP contribution >= 0.6 is 11.3 Å². The van der Waals surface area contributed by atoms with Gasteiger partial charge in [-0.05, 0) is 23.9 Å². The summed E-state index contributed by atoms with van der Waals surface area (Å²) in [5.74, 6) is -2.04. The molecule has 0 spiro atoms. The first-order valence-corrected chi connectivity index (χ1v) is 6.27. The molecule has 4 nitrogen and oxygen atoms in total. The molecule has 2 rings (SSSR count). The predicted molar refractivity (Wildman–Crippen MR) is 69.4 cm³/mol. The molecule has 7 heteroatoms. The maximum atomic E-state index is 13.4. The van der Waals surface area contributed by atoms with Crippen molar-refractivity contribution in [1.82, 2.24) is 0 Å². The van der Waals surface area contributed by atoms with Crippen LogP contribution in [0.15, 0.2) is 23.6 Å². The third-order valence-electron chi connectivity index (χ3n) is 2.62. The van der Waals surface area contributed by atoms with Crippen molar-refractivity contribution in [2.45, 2.75) is 13.5 Å². The molecule has 0 amide bonds. The quantitative estimate of drug-likeness (QED) is 0.685. The smallest absolute Gasteiger partial charge is 0.327 e. The van der Waals surface area contributed by atoms with Gasteiger partial charge in [0.2, 0.25) is 5.82 Å². The lowest BCUT2D eigenvalue weighted by atomic mass is 10.2. The second-order valence-electron chi connectivity index (χ2n) is 3.92. The highest BCUT2D eigenvalue weighted by molar-refractivity contribution is 7.10.